The van der Waals surface area contributed by atoms with Crippen molar-refractivity contribution in [3.05, 3.63) is 95.2 Å². The summed E-state index contributed by atoms with van der Waals surface area (Å²) in [6.45, 7) is 7.02. The highest BCUT2D eigenvalue weighted by molar-refractivity contribution is 6.02. The van der Waals surface area contributed by atoms with E-state index in [0.717, 1.165) is 46.0 Å². The summed E-state index contributed by atoms with van der Waals surface area (Å²) in [6.07, 6.45) is 3.73. The van der Waals surface area contributed by atoms with Crippen LogP contribution in [0.3, 0.4) is 0 Å². The zero-order chi connectivity index (χ0) is 28.4. The van der Waals surface area contributed by atoms with Crippen LogP contribution in [0, 0.1) is 0 Å². The number of aromatic nitrogens is 1. The maximum Gasteiger partial charge on any atom is 0.412 e. The standard InChI is InChI=1S/C34H34N2O4/c1-21(37)16-25-12-13-26-18-28(20-35-32(26)31(25)23-10-11-23)30(38)19-27-17-24(22-8-6-5-7-9-22)14-15-29(27)36-33(39)40-34(2,3)4/h5-9,12-15,17-18,20,23H,10-11,16,19H2,1-4H3,(H,36,39). The van der Waals surface area contributed by atoms with Crippen molar-refractivity contribution in [3.8, 4) is 11.1 Å². The Bertz CT molecular complexity index is 1600. The van der Waals surface area contributed by atoms with E-state index in [1.165, 1.54) is 0 Å². The van der Waals surface area contributed by atoms with Gasteiger partial charge in [0.2, 0.25) is 0 Å². The number of rotatable bonds is 8. The monoisotopic (exact) mass is 534 g/mol. The predicted molar refractivity (Wildman–Crippen MR) is 158 cm³/mol. The SMILES string of the molecule is CC(=O)Cc1ccc2cc(C(=O)Cc3cc(-c4ccccc4)ccc3NC(=O)OC(C)(C)C)cnc2c1C1CC1. The molecular weight excluding hydrogens is 500 g/mol. The number of pyridine rings is 1. The molecule has 1 N–H and O–H groups in total. The number of hydrogen-bond donors (Lipinski definition) is 1. The van der Waals surface area contributed by atoms with E-state index in [1.807, 2.05) is 66.7 Å². The van der Waals surface area contributed by atoms with Gasteiger partial charge in [0.1, 0.15) is 11.4 Å². The van der Waals surface area contributed by atoms with E-state index in [-0.39, 0.29) is 18.0 Å². The van der Waals surface area contributed by atoms with Crippen LogP contribution < -0.4 is 5.32 Å². The zero-order valence-corrected chi connectivity index (χ0v) is 23.4. The van der Waals surface area contributed by atoms with Crippen LogP contribution in [0.5, 0.6) is 0 Å². The summed E-state index contributed by atoms with van der Waals surface area (Å²) in [4.78, 5) is 42.7. The lowest BCUT2D eigenvalue weighted by Crippen LogP contribution is -2.27. The van der Waals surface area contributed by atoms with Crippen LogP contribution in [0.15, 0.2) is 72.9 Å². The minimum atomic E-state index is -0.648. The third kappa shape index (κ3) is 6.45. The molecule has 3 aromatic carbocycles. The highest BCUT2D eigenvalue weighted by Gasteiger charge is 2.29. The van der Waals surface area contributed by atoms with Gasteiger partial charge in [0, 0.05) is 35.7 Å². The van der Waals surface area contributed by atoms with E-state index in [0.29, 0.717) is 29.2 Å². The molecule has 1 fully saturated rings. The number of carbonyl (C=O) groups is 3. The molecule has 6 nitrogen and oxygen atoms in total. The molecule has 0 aliphatic heterocycles. The number of anilines is 1. The number of ketones is 2. The second-order valence-corrected chi connectivity index (χ2v) is 11.6. The van der Waals surface area contributed by atoms with Gasteiger partial charge < -0.3 is 4.74 Å². The molecule has 5 rings (SSSR count). The average molecular weight is 535 g/mol. The van der Waals surface area contributed by atoms with Crippen molar-refractivity contribution >= 4 is 34.3 Å². The first kappa shape index (κ1) is 27.3. The van der Waals surface area contributed by atoms with Gasteiger partial charge in [-0.1, -0.05) is 48.5 Å². The summed E-state index contributed by atoms with van der Waals surface area (Å²) in [6, 6.07) is 21.4. The lowest BCUT2D eigenvalue weighted by atomic mass is 9.94. The van der Waals surface area contributed by atoms with E-state index in [9.17, 15) is 14.4 Å². The van der Waals surface area contributed by atoms with Crippen LogP contribution in [0.2, 0.25) is 0 Å². The molecule has 40 heavy (non-hydrogen) atoms. The summed E-state index contributed by atoms with van der Waals surface area (Å²) in [5, 5.41) is 3.72. The van der Waals surface area contributed by atoms with Crippen LogP contribution in [0.25, 0.3) is 22.0 Å². The Hall–Kier alpha value is -4.32. The van der Waals surface area contributed by atoms with Gasteiger partial charge in [0.15, 0.2) is 5.78 Å². The van der Waals surface area contributed by atoms with E-state index >= 15 is 0 Å². The van der Waals surface area contributed by atoms with Crippen LogP contribution in [0.4, 0.5) is 10.5 Å². The molecule has 1 saturated carbocycles. The largest absolute Gasteiger partial charge is 0.444 e. The molecule has 1 heterocycles. The van der Waals surface area contributed by atoms with Gasteiger partial charge in [-0.25, -0.2) is 4.79 Å². The molecule has 1 aliphatic rings. The molecule has 0 bridgehead atoms. The molecule has 1 aliphatic carbocycles. The smallest absolute Gasteiger partial charge is 0.412 e. The van der Waals surface area contributed by atoms with Crippen molar-refractivity contribution in [3.63, 3.8) is 0 Å². The van der Waals surface area contributed by atoms with Gasteiger partial charge >= 0.3 is 6.09 Å². The van der Waals surface area contributed by atoms with Gasteiger partial charge in [-0.05, 0) is 92.5 Å². The van der Waals surface area contributed by atoms with Crippen LogP contribution in [-0.2, 0) is 22.4 Å². The molecule has 0 radical (unpaired) electrons. The highest BCUT2D eigenvalue weighted by atomic mass is 16.6. The average Bonchev–Trinajstić information content (AvgIpc) is 3.73. The van der Waals surface area contributed by atoms with Crippen molar-refractivity contribution in [2.75, 3.05) is 5.32 Å². The Morgan fingerprint density at radius 2 is 1.65 bits per heavy atom. The molecule has 0 spiro atoms. The Morgan fingerprint density at radius 3 is 2.33 bits per heavy atom. The van der Waals surface area contributed by atoms with E-state index in [4.69, 9.17) is 9.72 Å². The van der Waals surface area contributed by atoms with Crippen molar-refractivity contribution in [1.82, 2.24) is 4.98 Å². The third-order valence-corrected chi connectivity index (χ3v) is 6.93. The number of Topliss-reactive ketones (excluding diaryl/α,β-unsaturated/α-hetero) is 2. The van der Waals surface area contributed by atoms with Gasteiger partial charge in [-0.3, -0.25) is 19.9 Å². The van der Waals surface area contributed by atoms with Crippen molar-refractivity contribution in [2.45, 2.75) is 64.9 Å². The van der Waals surface area contributed by atoms with Gasteiger partial charge in [-0.2, -0.15) is 0 Å². The van der Waals surface area contributed by atoms with E-state index in [1.54, 1.807) is 33.9 Å². The number of amides is 1. The third-order valence-electron chi connectivity index (χ3n) is 6.93. The number of carbonyl (C=O) groups excluding carboxylic acids is 3. The van der Waals surface area contributed by atoms with Crippen LogP contribution in [-0.4, -0.2) is 28.2 Å². The molecule has 0 unspecified atom stereocenters. The highest BCUT2D eigenvalue weighted by Crippen LogP contribution is 2.44. The summed E-state index contributed by atoms with van der Waals surface area (Å²) in [5.74, 6) is 0.448. The lowest BCUT2D eigenvalue weighted by molar-refractivity contribution is -0.116. The Labute approximate surface area is 234 Å². The second-order valence-electron chi connectivity index (χ2n) is 11.6. The molecule has 0 saturated heterocycles. The topological polar surface area (TPSA) is 85.4 Å². The second kappa shape index (κ2) is 11.0. The fourth-order valence-electron chi connectivity index (χ4n) is 5.03. The number of benzene rings is 3. The van der Waals surface area contributed by atoms with Crippen LogP contribution >= 0.6 is 0 Å². The quantitative estimate of drug-likeness (QED) is 0.234. The Balaban J connectivity index is 1.47. The molecule has 4 aromatic rings. The minimum Gasteiger partial charge on any atom is -0.444 e. The van der Waals surface area contributed by atoms with Gasteiger partial charge in [0.05, 0.1) is 5.52 Å². The van der Waals surface area contributed by atoms with Gasteiger partial charge in [0.25, 0.3) is 0 Å². The van der Waals surface area contributed by atoms with Crippen molar-refractivity contribution < 1.29 is 19.1 Å². The fraction of sp³-hybridized carbons (Fsp3) is 0.294. The van der Waals surface area contributed by atoms with Gasteiger partial charge in [-0.15, -0.1) is 0 Å². The molecular formula is C34H34N2O4. The first-order valence-corrected chi connectivity index (χ1v) is 13.7. The summed E-state index contributed by atoms with van der Waals surface area (Å²) in [7, 11) is 0. The zero-order valence-electron chi connectivity index (χ0n) is 23.4. The molecule has 6 heteroatoms. The molecule has 1 amide bonds. The number of fused-ring (bicyclic) bond motifs is 1. The number of nitrogens with one attached hydrogen (secondary N) is 1. The normalized spacial score (nSPS) is 13.2. The molecule has 1 aromatic heterocycles. The summed E-state index contributed by atoms with van der Waals surface area (Å²) >= 11 is 0. The number of nitrogens with zero attached hydrogens (tertiary/aromatic N) is 1. The van der Waals surface area contributed by atoms with Crippen LogP contribution in [0.1, 0.15) is 73.5 Å². The Morgan fingerprint density at radius 1 is 0.900 bits per heavy atom. The minimum absolute atomic E-state index is 0.0803. The first-order chi connectivity index (χ1) is 19.1. The fourth-order valence-corrected chi connectivity index (χ4v) is 5.03. The summed E-state index contributed by atoms with van der Waals surface area (Å²) < 4.78 is 5.45. The number of ether oxygens (including phenoxy) is 1. The first-order valence-electron chi connectivity index (χ1n) is 13.7. The maximum absolute atomic E-state index is 13.6. The predicted octanol–water partition coefficient (Wildman–Crippen LogP) is 7.68. The maximum atomic E-state index is 13.6. The molecule has 204 valence electrons. The van der Waals surface area contributed by atoms with Crippen molar-refractivity contribution in [1.29, 1.82) is 0 Å². The van der Waals surface area contributed by atoms with Crippen molar-refractivity contribution in [2.24, 2.45) is 0 Å². The molecule has 0 atom stereocenters. The summed E-state index contributed by atoms with van der Waals surface area (Å²) in [5.41, 5.74) is 6.08. The Kier molecular flexibility index (Phi) is 7.53. The lowest BCUT2D eigenvalue weighted by Gasteiger charge is -2.21. The van der Waals surface area contributed by atoms with E-state index in [2.05, 4.69) is 5.32 Å². The van der Waals surface area contributed by atoms with E-state index < -0.39 is 11.7 Å². The number of hydrogen-bond acceptors (Lipinski definition) is 5.